The molecule has 1 fully saturated rings. The van der Waals surface area contributed by atoms with Crippen LogP contribution in [0.15, 0.2) is 12.4 Å². The van der Waals surface area contributed by atoms with Crippen LogP contribution in [0.2, 0.25) is 0 Å². The molecule has 0 unspecified atom stereocenters. The van der Waals surface area contributed by atoms with Gasteiger partial charge in [0, 0.05) is 30.9 Å². The Kier molecular flexibility index (Phi) is 2.63. The molecule has 0 N–H and O–H groups in total. The van der Waals surface area contributed by atoms with Crippen molar-refractivity contribution in [3.05, 3.63) is 18.2 Å². The second-order valence-corrected chi connectivity index (χ2v) is 4.97. The van der Waals surface area contributed by atoms with E-state index in [0.29, 0.717) is 5.38 Å². The topological polar surface area (TPSA) is 46.3 Å². The van der Waals surface area contributed by atoms with Crippen LogP contribution in [-0.2, 0) is 0 Å². The van der Waals surface area contributed by atoms with Gasteiger partial charge in [-0.2, -0.15) is 0 Å². The highest BCUT2D eigenvalue weighted by atomic mass is 35.5. The van der Waals surface area contributed by atoms with Crippen LogP contribution in [0.1, 0.15) is 18.7 Å². The molecule has 17 heavy (non-hydrogen) atoms. The molecule has 0 aromatic carbocycles. The third-order valence-corrected chi connectivity index (χ3v) is 3.64. The van der Waals surface area contributed by atoms with E-state index in [2.05, 4.69) is 20.1 Å². The standard InChI is InChI=1S/C11H14ClN5/c1-8-14-15-11-10(13-4-7-17(8)11)16-5-2-9(12)3-6-16/h4,7,9H,2-3,5-6H2,1H3. The number of aromatic nitrogens is 4. The summed E-state index contributed by atoms with van der Waals surface area (Å²) < 4.78 is 1.97. The highest BCUT2D eigenvalue weighted by Gasteiger charge is 2.21. The smallest absolute Gasteiger partial charge is 0.203 e. The van der Waals surface area contributed by atoms with Crippen LogP contribution < -0.4 is 4.90 Å². The fourth-order valence-corrected chi connectivity index (χ4v) is 2.41. The molecule has 2 aromatic heterocycles. The summed E-state index contributed by atoms with van der Waals surface area (Å²) in [6.07, 6.45) is 5.68. The lowest BCUT2D eigenvalue weighted by molar-refractivity contribution is 0.580. The van der Waals surface area contributed by atoms with Gasteiger partial charge in [0.25, 0.3) is 0 Å². The number of piperidine rings is 1. The summed E-state index contributed by atoms with van der Waals surface area (Å²) in [5.74, 6) is 1.80. The minimum Gasteiger partial charge on any atom is -0.353 e. The van der Waals surface area contributed by atoms with Crippen molar-refractivity contribution < 1.29 is 0 Å². The summed E-state index contributed by atoms with van der Waals surface area (Å²) in [6.45, 7) is 3.81. The van der Waals surface area contributed by atoms with Gasteiger partial charge in [-0.15, -0.1) is 21.8 Å². The number of alkyl halides is 1. The average molecular weight is 252 g/mol. The lowest BCUT2D eigenvalue weighted by atomic mass is 10.1. The molecule has 1 aliphatic rings. The van der Waals surface area contributed by atoms with Gasteiger partial charge in [-0.25, -0.2) is 4.98 Å². The number of hydrogen-bond acceptors (Lipinski definition) is 4. The van der Waals surface area contributed by atoms with E-state index in [4.69, 9.17) is 11.6 Å². The monoisotopic (exact) mass is 251 g/mol. The molecule has 5 nitrogen and oxygen atoms in total. The Morgan fingerprint density at radius 3 is 2.82 bits per heavy atom. The van der Waals surface area contributed by atoms with Crippen LogP contribution in [0, 0.1) is 6.92 Å². The van der Waals surface area contributed by atoms with E-state index in [1.165, 1.54) is 0 Å². The number of hydrogen-bond donors (Lipinski definition) is 0. The van der Waals surface area contributed by atoms with E-state index in [1.54, 1.807) is 6.20 Å². The number of aryl methyl sites for hydroxylation is 1. The van der Waals surface area contributed by atoms with E-state index in [0.717, 1.165) is 43.2 Å². The molecule has 0 aliphatic carbocycles. The van der Waals surface area contributed by atoms with Crippen molar-refractivity contribution in [2.24, 2.45) is 0 Å². The van der Waals surface area contributed by atoms with Crippen LogP contribution in [0.4, 0.5) is 5.82 Å². The van der Waals surface area contributed by atoms with E-state index in [-0.39, 0.29) is 0 Å². The molecule has 0 atom stereocenters. The highest BCUT2D eigenvalue weighted by molar-refractivity contribution is 6.20. The molecule has 0 spiro atoms. The largest absolute Gasteiger partial charge is 0.353 e. The highest BCUT2D eigenvalue weighted by Crippen LogP contribution is 2.23. The normalized spacial score (nSPS) is 17.9. The lowest BCUT2D eigenvalue weighted by Crippen LogP contribution is -2.34. The van der Waals surface area contributed by atoms with Gasteiger partial charge in [0.1, 0.15) is 5.82 Å². The van der Waals surface area contributed by atoms with Gasteiger partial charge in [0.2, 0.25) is 5.65 Å². The number of halogens is 1. The van der Waals surface area contributed by atoms with Crippen molar-refractivity contribution in [3.8, 4) is 0 Å². The molecular weight excluding hydrogens is 238 g/mol. The summed E-state index contributed by atoms with van der Waals surface area (Å²) in [6, 6.07) is 0. The van der Waals surface area contributed by atoms with Gasteiger partial charge in [0.05, 0.1) is 0 Å². The van der Waals surface area contributed by atoms with Crippen LogP contribution in [0.25, 0.3) is 5.65 Å². The zero-order valence-corrected chi connectivity index (χ0v) is 10.4. The van der Waals surface area contributed by atoms with Crippen LogP contribution in [-0.4, -0.2) is 38.0 Å². The quantitative estimate of drug-likeness (QED) is 0.723. The molecule has 1 saturated heterocycles. The van der Waals surface area contributed by atoms with E-state index < -0.39 is 0 Å². The second kappa shape index (κ2) is 4.14. The fourth-order valence-electron chi connectivity index (χ4n) is 2.21. The first-order valence-corrected chi connectivity index (χ1v) is 6.24. The van der Waals surface area contributed by atoms with Gasteiger partial charge in [0.15, 0.2) is 5.82 Å². The number of nitrogens with zero attached hydrogens (tertiary/aromatic N) is 5. The van der Waals surface area contributed by atoms with Crippen molar-refractivity contribution in [2.45, 2.75) is 25.1 Å². The summed E-state index contributed by atoms with van der Waals surface area (Å²) >= 11 is 6.11. The molecule has 2 aromatic rings. The van der Waals surface area contributed by atoms with E-state index >= 15 is 0 Å². The van der Waals surface area contributed by atoms with E-state index in [1.807, 2.05) is 17.5 Å². The van der Waals surface area contributed by atoms with Crippen molar-refractivity contribution in [3.63, 3.8) is 0 Å². The fraction of sp³-hybridized carbons (Fsp3) is 0.545. The Morgan fingerprint density at radius 2 is 2.06 bits per heavy atom. The average Bonchev–Trinajstić information content (AvgIpc) is 2.73. The predicted molar refractivity (Wildman–Crippen MR) is 66.6 cm³/mol. The van der Waals surface area contributed by atoms with Gasteiger partial charge >= 0.3 is 0 Å². The Labute approximate surface area is 104 Å². The molecule has 0 radical (unpaired) electrons. The van der Waals surface area contributed by atoms with Crippen molar-refractivity contribution in [1.82, 2.24) is 19.6 Å². The maximum atomic E-state index is 6.11. The minimum atomic E-state index is 0.297. The Balaban J connectivity index is 2.00. The Hall–Kier alpha value is -1.36. The van der Waals surface area contributed by atoms with Gasteiger partial charge in [-0.3, -0.25) is 4.40 Å². The molecule has 90 valence electrons. The molecule has 1 aliphatic heterocycles. The van der Waals surface area contributed by atoms with Gasteiger partial charge < -0.3 is 4.90 Å². The SMILES string of the molecule is Cc1nnc2c(N3CCC(Cl)CC3)nccn12. The maximum Gasteiger partial charge on any atom is 0.203 e. The summed E-state index contributed by atoms with van der Waals surface area (Å²) in [7, 11) is 0. The van der Waals surface area contributed by atoms with Gasteiger partial charge in [-0.1, -0.05) is 0 Å². The molecule has 0 saturated carbocycles. The minimum absolute atomic E-state index is 0.297. The lowest BCUT2D eigenvalue weighted by Gasteiger charge is -2.30. The molecule has 0 bridgehead atoms. The third kappa shape index (κ3) is 1.84. The molecular formula is C11H14ClN5. The maximum absolute atomic E-state index is 6.11. The zero-order valence-electron chi connectivity index (χ0n) is 9.67. The number of rotatable bonds is 1. The summed E-state index contributed by atoms with van der Waals surface area (Å²) in [5.41, 5.74) is 0.832. The van der Waals surface area contributed by atoms with Crippen molar-refractivity contribution >= 4 is 23.1 Å². The van der Waals surface area contributed by atoms with Crippen LogP contribution >= 0.6 is 11.6 Å². The number of anilines is 1. The zero-order chi connectivity index (χ0) is 11.8. The predicted octanol–water partition coefficient (Wildman–Crippen LogP) is 1.64. The summed E-state index contributed by atoms with van der Waals surface area (Å²) in [4.78, 5) is 6.67. The molecule has 3 heterocycles. The summed E-state index contributed by atoms with van der Waals surface area (Å²) in [5, 5.41) is 8.57. The second-order valence-electron chi connectivity index (χ2n) is 4.35. The first-order chi connectivity index (χ1) is 8.25. The molecule has 0 amide bonds. The third-order valence-electron chi connectivity index (χ3n) is 3.20. The van der Waals surface area contributed by atoms with Crippen LogP contribution in [0.5, 0.6) is 0 Å². The molecule has 3 rings (SSSR count). The Morgan fingerprint density at radius 1 is 1.29 bits per heavy atom. The van der Waals surface area contributed by atoms with E-state index in [9.17, 15) is 0 Å². The first-order valence-electron chi connectivity index (χ1n) is 5.81. The first kappa shape index (κ1) is 10.8. The van der Waals surface area contributed by atoms with Crippen molar-refractivity contribution in [1.29, 1.82) is 0 Å². The van der Waals surface area contributed by atoms with Gasteiger partial charge in [-0.05, 0) is 19.8 Å². The van der Waals surface area contributed by atoms with Crippen LogP contribution in [0.3, 0.4) is 0 Å². The molecule has 6 heteroatoms. The Bertz CT molecular complexity index is 530. The number of fused-ring (bicyclic) bond motifs is 1. The van der Waals surface area contributed by atoms with Crippen molar-refractivity contribution in [2.75, 3.05) is 18.0 Å².